The Labute approximate surface area is 173 Å². The number of hydrogen-bond donors (Lipinski definition) is 4. The topological polar surface area (TPSA) is 153 Å². The van der Waals surface area contributed by atoms with Crippen molar-refractivity contribution in [3.63, 3.8) is 0 Å². The highest BCUT2D eigenvalue weighted by atomic mass is 31.2. The SMILES string of the molecule is CC(C)OP(=O)(O)OCCCCCCNC(=O)NCCOP(=O)(O)OC(C)(C)C. The van der Waals surface area contributed by atoms with Crippen molar-refractivity contribution in [2.24, 2.45) is 0 Å². The number of carbonyl (C=O) groups is 1. The molecule has 2 unspecified atom stereocenters. The van der Waals surface area contributed by atoms with Gasteiger partial charge in [-0.1, -0.05) is 12.8 Å². The van der Waals surface area contributed by atoms with Crippen molar-refractivity contribution in [1.82, 2.24) is 10.6 Å². The standard InChI is InChI=1S/C16H36N2O9P2/c1-14(2)26-28(20,21)24-12-9-7-6-8-10-17-15(19)18-11-13-25-29(22,23)27-16(3,4)5/h14H,6-13H2,1-5H3,(H,20,21)(H,22,23)(H2,17,18,19). The van der Waals surface area contributed by atoms with E-state index in [0.29, 0.717) is 13.0 Å². The van der Waals surface area contributed by atoms with Crippen molar-refractivity contribution in [3.8, 4) is 0 Å². The van der Waals surface area contributed by atoms with Crippen molar-refractivity contribution in [1.29, 1.82) is 0 Å². The van der Waals surface area contributed by atoms with Crippen LogP contribution >= 0.6 is 15.6 Å². The number of hydrogen-bond acceptors (Lipinski definition) is 7. The van der Waals surface area contributed by atoms with Crippen LogP contribution in [-0.4, -0.2) is 53.8 Å². The molecule has 0 aliphatic heterocycles. The lowest BCUT2D eigenvalue weighted by Gasteiger charge is -2.22. The van der Waals surface area contributed by atoms with Crippen LogP contribution in [0.1, 0.15) is 60.3 Å². The molecular formula is C16H36N2O9P2. The van der Waals surface area contributed by atoms with E-state index in [1.165, 1.54) is 0 Å². The summed E-state index contributed by atoms with van der Waals surface area (Å²) in [7, 11) is -8.13. The first-order chi connectivity index (χ1) is 13.2. The first-order valence-electron chi connectivity index (χ1n) is 9.58. The Bertz CT molecular complexity index is 567. The monoisotopic (exact) mass is 462 g/mol. The number of carbonyl (C=O) groups excluding carboxylic acids is 1. The van der Waals surface area contributed by atoms with Crippen LogP contribution in [0.2, 0.25) is 0 Å². The summed E-state index contributed by atoms with van der Waals surface area (Å²) in [6.07, 6.45) is 2.53. The molecule has 0 heterocycles. The molecule has 0 bridgehead atoms. The molecule has 11 nitrogen and oxygen atoms in total. The zero-order valence-electron chi connectivity index (χ0n) is 17.9. The van der Waals surface area contributed by atoms with Crippen LogP contribution in [0.4, 0.5) is 4.79 Å². The van der Waals surface area contributed by atoms with E-state index in [0.717, 1.165) is 19.3 Å². The molecule has 4 N–H and O–H groups in total. The van der Waals surface area contributed by atoms with Gasteiger partial charge in [0.15, 0.2) is 0 Å². The molecule has 0 aromatic carbocycles. The Morgan fingerprint density at radius 3 is 2.03 bits per heavy atom. The van der Waals surface area contributed by atoms with E-state index < -0.39 is 27.3 Å². The fourth-order valence-corrected chi connectivity index (χ4v) is 4.04. The van der Waals surface area contributed by atoms with Gasteiger partial charge < -0.3 is 20.4 Å². The van der Waals surface area contributed by atoms with E-state index in [9.17, 15) is 23.7 Å². The first-order valence-corrected chi connectivity index (χ1v) is 12.6. The van der Waals surface area contributed by atoms with Crippen LogP contribution in [0, 0.1) is 0 Å². The largest absolute Gasteiger partial charge is 0.472 e. The minimum absolute atomic E-state index is 0.0564. The third-order valence-corrected chi connectivity index (χ3v) is 5.47. The maximum absolute atomic E-state index is 11.6. The zero-order valence-corrected chi connectivity index (χ0v) is 19.7. The average molecular weight is 462 g/mol. The second-order valence-electron chi connectivity index (χ2n) is 7.56. The van der Waals surface area contributed by atoms with Crippen LogP contribution in [-0.2, 0) is 27.2 Å². The molecule has 0 fully saturated rings. The zero-order chi connectivity index (χ0) is 22.6. The van der Waals surface area contributed by atoms with Crippen molar-refractivity contribution < 1.29 is 41.8 Å². The Morgan fingerprint density at radius 1 is 0.897 bits per heavy atom. The number of unbranched alkanes of at least 4 members (excludes halogenated alkanes) is 3. The van der Waals surface area contributed by atoms with Crippen molar-refractivity contribution in [2.45, 2.75) is 72.0 Å². The highest BCUT2D eigenvalue weighted by Crippen LogP contribution is 2.46. The summed E-state index contributed by atoms with van der Waals surface area (Å²) < 4.78 is 42.4. The van der Waals surface area contributed by atoms with Gasteiger partial charge in [0.1, 0.15) is 0 Å². The van der Waals surface area contributed by atoms with E-state index in [4.69, 9.17) is 18.1 Å². The van der Waals surface area contributed by atoms with Gasteiger partial charge in [-0.25, -0.2) is 13.9 Å². The van der Waals surface area contributed by atoms with E-state index in [-0.39, 0.29) is 25.9 Å². The summed E-state index contributed by atoms with van der Waals surface area (Å²) in [6.45, 7) is 8.66. The smallest absolute Gasteiger partial charge is 0.338 e. The van der Waals surface area contributed by atoms with Crippen molar-refractivity contribution in [2.75, 3.05) is 26.3 Å². The molecular weight excluding hydrogens is 426 g/mol. The summed E-state index contributed by atoms with van der Waals surface area (Å²) in [5, 5.41) is 5.16. The van der Waals surface area contributed by atoms with E-state index in [1.54, 1.807) is 34.6 Å². The van der Waals surface area contributed by atoms with E-state index in [1.807, 2.05) is 0 Å². The van der Waals surface area contributed by atoms with Crippen LogP contribution in [0.3, 0.4) is 0 Å². The summed E-state index contributed by atoms with van der Waals surface area (Å²) in [6, 6.07) is -0.409. The molecule has 0 saturated heterocycles. The molecule has 0 radical (unpaired) electrons. The predicted molar refractivity (Wildman–Crippen MR) is 108 cm³/mol. The Balaban J connectivity index is 3.64. The Kier molecular flexibility index (Phi) is 13.5. The lowest BCUT2D eigenvalue weighted by Crippen LogP contribution is -2.37. The summed E-state index contributed by atoms with van der Waals surface area (Å²) in [5.41, 5.74) is -0.819. The molecule has 0 aliphatic rings. The van der Waals surface area contributed by atoms with Crippen LogP contribution < -0.4 is 10.6 Å². The lowest BCUT2D eigenvalue weighted by atomic mass is 10.2. The fraction of sp³-hybridized carbons (Fsp3) is 0.938. The van der Waals surface area contributed by atoms with Gasteiger partial charge in [0.05, 0.1) is 24.9 Å². The Morgan fingerprint density at radius 2 is 1.45 bits per heavy atom. The minimum atomic E-state index is -4.15. The molecule has 0 aliphatic carbocycles. The van der Waals surface area contributed by atoms with Gasteiger partial charge in [-0.05, 0) is 47.5 Å². The number of phosphoric ester groups is 2. The minimum Gasteiger partial charge on any atom is -0.338 e. The van der Waals surface area contributed by atoms with Crippen LogP contribution in [0.5, 0.6) is 0 Å². The third kappa shape index (κ3) is 19.2. The quantitative estimate of drug-likeness (QED) is 0.212. The molecule has 2 atom stereocenters. The number of rotatable bonds is 15. The second-order valence-corrected chi connectivity index (χ2v) is 10.3. The number of amides is 2. The molecule has 174 valence electrons. The average Bonchev–Trinajstić information content (AvgIpc) is 2.50. The first kappa shape index (κ1) is 28.5. The van der Waals surface area contributed by atoms with Crippen LogP contribution in [0.15, 0.2) is 0 Å². The lowest BCUT2D eigenvalue weighted by molar-refractivity contribution is 0.0623. The molecule has 0 aromatic rings. The fourth-order valence-electron chi connectivity index (χ4n) is 2.02. The maximum atomic E-state index is 11.6. The second kappa shape index (κ2) is 13.7. The third-order valence-electron chi connectivity index (χ3n) is 2.99. The maximum Gasteiger partial charge on any atom is 0.472 e. The highest BCUT2D eigenvalue weighted by molar-refractivity contribution is 7.47. The van der Waals surface area contributed by atoms with Gasteiger partial charge in [-0.3, -0.25) is 18.1 Å². The molecule has 0 spiro atoms. The van der Waals surface area contributed by atoms with Gasteiger partial charge >= 0.3 is 21.7 Å². The van der Waals surface area contributed by atoms with Gasteiger partial charge in [0.25, 0.3) is 0 Å². The predicted octanol–water partition coefficient (Wildman–Crippen LogP) is 3.32. The number of phosphoric acid groups is 2. The van der Waals surface area contributed by atoms with Crippen molar-refractivity contribution in [3.05, 3.63) is 0 Å². The van der Waals surface area contributed by atoms with Crippen LogP contribution in [0.25, 0.3) is 0 Å². The van der Waals surface area contributed by atoms with E-state index >= 15 is 0 Å². The van der Waals surface area contributed by atoms with Crippen molar-refractivity contribution >= 4 is 21.7 Å². The summed E-state index contributed by atoms with van der Waals surface area (Å²) in [5.74, 6) is 0. The Hall–Kier alpha value is -0.510. The number of urea groups is 1. The molecule has 0 aromatic heterocycles. The number of nitrogens with one attached hydrogen (secondary N) is 2. The molecule has 0 saturated carbocycles. The summed E-state index contributed by atoms with van der Waals surface area (Å²) in [4.78, 5) is 30.5. The van der Waals surface area contributed by atoms with Gasteiger partial charge in [-0.15, -0.1) is 0 Å². The highest BCUT2D eigenvalue weighted by Gasteiger charge is 2.28. The normalized spacial score (nSPS) is 16.3. The molecule has 0 rings (SSSR count). The van der Waals surface area contributed by atoms with E-state index in [2.05, 4.69) is 10.6 Å². The molecule has 2 amide bonds. The van der Waals surface area contributed by atoms with Gasteiger partial charge in [0.2, 0.25) is 0 Å². The van der Waals surface area contributed by atoms with Gasteiger partial charge in [0, 0.05) is 13.1 Å². The van der Waals surface area contributed by atoms with Gasteiger partial charge in [-0.2, -0.15) is 0 Å². The summed E-state index contributed by atoms with van der Waals surface area (Å²) >= 11 is 0. The molecule has 13 heteroatoms. The molecule has 29 heavy (non-hydrogen) atoms.